The van der Waals surface area contributed by atoms with Crippen LogP contribution in [0.25, 0.3) is 0 Å². The quantitative estimate of drug-likeness (QED) is 0.775. The summed E-state index contributed by atoms with van der Waals surface area (Å²) in [6.07, 6.45) is 2.69. The van der Waals surface area contributed by atoms with Crippen LogP contribution >= 0.6 is 0 Å². The first-order valence-corrected chi connectivity index (χ1v) is 5.48. The molecule has 1 saturated carbocycles. The van der Waals surface area contributed by atoms with Gasteiger partial charge in [-0.05, 0) is 42.9 Å². The summed E-state index contributed by atoms with van der Waals surface area (Å²) in [6.45, 7) is 0.461. The molecule has 0 aliphatic heterocycles. The van der Waals surface area contributed by atoms with E-state index in [9.17, 15) is 13.2 Å². The van der Waals surface area contributed by atoms with Crippen LogP contribution in [0.15, 0.2) is 12.1 Å². The molecule has 1 aromatic rings. The molecule has 0 heterocycles. The Morgan fingerprint density at radius 1 is 1.12 bits per heavy atom. The molecule has 4 heteroatoms. The highest BCUT2D eigenvalue weighted by Crippen LogP contribution is 2.40. The molecule has 2 unspecified atom stereocenters. The van der Waals surface area contributed by atoms with Gasteiger partial charge in [-0.15, -0.1) is 0 Å². The molecule has 88 valence electrons. The van der Waals surface area contributed by atoms with Crippen LogP contribution in [0, 0.1) is 23.4 Å². The van der Waals surface area contributed by atoms with Crippen LogP contribution in [0.3, 0.4) is 0 Å². The number of halogens is 3. The Hall–Kier alpha value is -1.03. The minimum absolute atomic E-state index is 0.0694. The summed E-state index contributed by atoms with van der Waals surface area (Å²) in [6, 6.07) is 2.33. The summed E-state index contributed by atoms with van der Waals surface area (Å²) >= 11 is 0. The van der Waals surface area contributed by atoms with E-state index in [1.54, 1.807) is 0 Å². The Balaban J connectivity index is 2.37. The van der Waals surface area contributed by atoms with Crippen molar-refractivity contribution in [3.8, 4) is 0 Å². The Morgan fingerprint density at radius 2 is 1.88 bits per heavy atom. The van der Waals surface area contributed by atoms with Crippen molar-refractivity contribution >= 4 is 0 Å². The van der Waals surface area contributed by atoms with Crippen LogP contribution in [-0.2, 0) is 0 Å². The molecular formula is C12H14F3N. The fourth-order valence-corrected chi connectivity index (χ4v) is 2.56. The number of nitrogens with two attached hydrogens (primary N) is 1. The molecular weight excluding hydrogens is 215 g/mol. The lowest BCUT2D eigenvalue weighted by molar-refractivity contribution is 0.419. The van der Waals surface area contributed by atoms with Gasteiger partial charge in [0.2, 0.25) is 0 Å². The molecule has 0 spiro atoms. The minimum atomic E-state index is -1.37. The first kappa shape index (κ1) is 11.5. The lowest BCUT2D eigenvalue weighted by atomic mass is 9.88. The summed E-state index contributed by atoms with van der Waals surface area (Å²) in [5, 5.41) is 0. The Kier molecular flexibility index (Phi) is 3.19. The minimum Gasteiger partial charge on any atom is -0.330 e. The molecule has 1 fully saturated rings. The van der Waals surface area contributed by atoms with E-state index in [1.807, 2.05) is 0 Å². The summed E-state index contributed by atoms with van der Waals surface area (Å²) in [4.78, 5) is 0. The zero-order valence-electron chi connectivity index (χ0n) is 8.85. The van der Waals surface area contributed by atoms with Crippen LogP contribution in [0.2, 0.25) is 0 Å². The predicted octanol–water partition coefficient (Wildman–Crippen LogP) is 2.95. The molecule has 0 saturated heterocycles. The van der Waals surface area contributed by atoms with Crippen molar-refractivity contribution in [1.29, 1.82) is 0 Å². The van der Waals surface area contributed by atoms with E-state index < -0.39 is 17.5 Å². The van der Waals surface area contributed by atoms with E-state index >= 15 is 0 Å². The van der Waals surface area contributed by atoms with Gasteiger partial charge < -0.3 is 5.73 Å². The van der Waals surface area contributed by atoms with Gasteiger partial charge in [-0.3, -0.25) is 0 Å². The zero-order valence-corrected chi connectivity index (χ0v) is 8.85. The van der Waals surface area contributed by atoms with Crippen molar-refractivity contribution in [2.75, 3.05) is 6.54 Å². The van der Waals surface area contributed by atoms with Gasteiger partial charge in [0.25, 0.3) is 0 Å². The largest absolute Gasteiger partial charge is 0.330 e. The van der Waals surface area contributed by atoms with Gasteiger partial charge in [0.05, 0.1) is 0 Å². The summed E-state index contributed by atoms with van der Waals surface area (Å²) in [5.41, 5.74) is 5.86. The van der Waals surface area contributed by atoms with Gasteiger partial charge in [0.15, 0.2) is 17.5 Å². The summed E-state index contributed by atoms with van der Waals surface area (Å²) in [5.74, 6) is -3.45. The average Bonchev–Trinajstić information content (AvgIpc) is 2.74. The second kappa shape index (κ2) is 4.45. The molecule has 0 aromatic heterocycles. The third-order valence-electron chi connectivity index (χ3n) is 3.43. The Bertz CT molecular complexity index is 392. The highest BCUT2D eigenvalue weighted by Gasteiger charge is 2.30. The lowest BCUT2D eigenvalue weighted by Gasteiger charge is -2.19. The van der Waals surface area contributed by atoms with E-state index in [1.165, 1.54) is 6.07 Å². The topological polar surface area (TPSA) is 26.0 Å². The van der Waals surface area contributed by atoms with Crippen LogP contribution in [-0.4, -0.2) is 6.54 Å². The Morgan fingerprint density at radius 3 is 2.56 bits per heavy atom. The van der Waals surface area contributed by atoms with E-state index in [2.05, 4.69) is 0 Å². The maximum atomic E-state index is 13.6. The standard InChI is InChI=1S/C12H14F3N/c13-10-5-4-9(11(14)12(10)15)8-3-1-2-7(8)6-16/h4-5,7-8H,1-3,6,16H2. The van der Waals surface area contributed by atoms with E-state index in [0.717, 1.165) is 25.3 Å². The van der Waals surface area contributed by atoms with Crippen molar-refractivity contribution in [3.63, 3.8) is 0 Å². The van der Waals surface area contributed by atoms with Crippen LogP contribution in [0.5, 0.6) is 0 Å². The first-order valence-electron chi connectivity index (χ1n) is 5.48. The second-order valence-electron chi connectivity index (χ2n) is 4.30. The van der Waals surface area contributed by atoms with Crippen LogP contribution < -0.4 is 5.73 Å². The second-order valence-corrected chi connectivity index (χ2v) is 4.30. The van der Waals surface area contributed by atoms with Crippen molar-refractivity contribution < 1.29 is 13.2 Å². The first-order chi connectivity index (χ1) is 7.65. The molecule has 1 aliphatic rings. The molecule has 2 N–H and O–H groups in total. The monoisotopic (exact) mass is 229 g/mol. The van der Waals surface area contributed by atoms with E-state index in [-0.39, 0.29) is 17.4 Å². The number of benzene rings is 1. The van der Waals surface area contributed by atoms with Gasteiger partial charge in [0.1, 0.15) is 0 Å². The van der Waals surface area contributed by atoms with Gasteiger partial charge in [-0.25, -0.2) is 13.2 Å². The normalized spacial score (nSPS) is 25.0. The molecule has 1 nitrogen and oxygen atoms in total. The molecule has 1 aromatic carbocycles. The van der Waals surface area contributed by atoms with Crippen molar-refractivity contribution in [1.82, 2.24) is 0 Å². The van der Waals surface area contributed by atoms with Gasteiger partial charge in [-0.2, -0.15) is 0 Å². The third-order valence-corrected chi connectivity index (χ3v) is 3.43. The van der Waals surface area contributed by atoms with Crippen molar-refractivity contribution in [3.05, 3.63) is 35.1 Å². The van der Waals surface area contributed by atoms with Crippen LogP contribution in [0.1, 0.15) is 30.7 Å². The lowest BCUT2D eigenvalue weighted by Crippen LogP contribution is -2.18. The number of rotatable bonds is 2. The van der Waals surface area contributed by atoms with Crippen LogP contribution in [0.4, 0.5) is 13.2 Å². The molecule has 1 aliphatic carbocycles. The predicted molar refractivity (Wildman–Crippen MR) is 55.5 cm³/mol. The fourth-order valence-electron chi connectivity index (χ4n) is 2.56. The molecule has 0 radical (unpaired) electrons. The highest BCUT2D eigenvalue weighted by atomic mass is 19.2. The van der Waals surface area contributed by atoms with Crippen molar-refractivity contribution in [2.45, 2.75) is 25.2 Å². The van der Waals surface area contributed by atoms with E-state index in [4.69, 9.17) is 5.73 Å². The molecule has 0 amide bonds. The Labute approximate surface area is 92.5 Å². The summed E-state index contributed by atoms with van der Waals surface area (Å²) < 4.78 is 39.4. The molecule has 2 rings (SSSR count). The van der Waals surface area contributed by atoms with Crippen molar-refractivity contribution in [2.24, 2.45) is 11.7 Å². The summed E-state index contributed by atoms with van der Waals surface area (Å²) in [7, 11) is 0. The van der Waals surface area contributed by atoms with E-state index in [0.29, 0.717) is 6.54 Å². The zero-order chi connectivity index (χ0) is 11.7. The van der Waals surface area contributed by atoms with Gasteiger partial charge >= 0.3 is 0 Å². The number of hydrogen-bond donors (Lipinski definition) is 1. The van der Waals surface area contributed by atoms with Gasteiger partial charge in [-0.1, -0.05) is 12.5 Å². The maximum absolute atomic E-state index is 13.6. The molecule has 2 atom stereocenters. The van der Waals surface area contributed by atoms with Gasteiger partial charge in [0, 0.05) is 0 Å². The highest BCUT2D eigenvalue weighted by molar-refractivity contribution is 5.25. The average molecular weight is 229 g/mol. The smallest absolute Gasteiger partial charge is 0.194 e. The maximum Gasteiger partial charge on any atom is 0.194 e. The molecule has 0 bridgehead atoms. The fraction of sp³-hybridized carbons (Fsp3) is 0.500. The third kappa shape index (κ3) is 1.82. The molecule has 16 heavy (non-hydrogen) atoms. The SMILES string of the molecule is NCC1CCCC1c1ccc(F)c(F)c1F. The number of hydrogen-bond acceptors (Lipinski definition) is 1.